The highest BCUT2D eigenvalue weighted by Gasteiger charge is 2.29. The van der Waals surface area contributed by atoms with E-state index in [1.807, 2.05) is 29.2 Å². The number of hydrogen-bond donors (Lipinski definition) is 0. The summed E-state index contributed by atoms with van der Waals surface area (Å²) in [5, 5.41) is 0.776. The minimum atomic E-state index is 0.221. The minimum absolute atomic E-state index is 0.221. The van der Waals surface area contributed by atoms with E-state index in [1.165, 1.54) is 11.1 Å². The van der Waals surface area contributed by atoms with Crippen LogP contribution < -0.4 is 4.90 Å². The Balaban J connectivity index is 1.32. The fourth-order valence-corrected chi connectivity index (χ4v) is 4.27. The van der Waals surface area contributed by atoms with Crippen LogP contribution in [0.1, 0.15) is 18.1 Å². The highest BCUT2D eigenvalue weighted by molar-refractivity contribution is 6.30. The smallest absolute Gasteiger partial charge is 0.241 e. The lowest BCUT2D eigenvalue weighted by Gasteiger charge is -2.40. The Hall–Kier alpha value is -1.88. The lowest BCUT2D eigenvalue weighted by Crippen LogP contribution is -2.53. The average molecular weight is 384 g/mol. The van der Waals surface area contributed by atoms with E-state index in [0.29, 0.717) is 12.6 Å². The van der Waals surface area contributed by atoms with Crippen LogP contribution in [0.2, 0.25) is 5.02 Å². The molecule has 2 aliphatic heterocycles. The molecule has 0 radical (unpaired) electrons. The molecule has 142 valence electrons. The Morgan fingerprint density at radius 1 is 1.07 bits per heavy atom. The molecule has 2 aromatic carbocycles. The van der Waals surface area contributed by atoms with Gasteiger partial charge in [0.1, 0.15) is 0 Å². The maximum Gasteiger partial charge on any atom is 0.241 e. The number of rotatable bonds is 4. The first-order valence-corrected chi connectivity index (χ1v) is 10.1. The van der Waals surface area contributed by atoms with Crippen molar-refractivity contribution in [3.05, 3.63) is 64.7 Å². The number of anilines is 1. The van der Waals surface area contributed by atoms with E-state index in [1.54, 1.807) is 0 Å². The third kappa shape index (κ3) is 4.18. The van der Waals surface area contributed by atoms with Crippen molar-refractivity contribution < 1.29 is 4.79 Å². The first-order valence-electron chi connectivity index (χ1n) is 9.69. The molecule has 0 spiro atoms. The maximum atomic E-state index is 12.8. The molecular formula is C22H26ClN3O. The SMILES string of the molecule is CC1CN(CC(=O)N2CCc3ccccc32)CCN1Cc1ccc(Cl)cc1. The number of piperazine rings is 1. The number of nitrogens with zero attached hydrogens (tertiary/aromatic N) is 3. The van der Waals surface area contributed by atoms with Crippen molar-refractivity contribution in [1.29, 1.82) is 0 Å². The molecule has 0 saturated carbocycles. The zero-order valence-electron chi connectivity index (χ0n) is 15.8. The van der Waals surface area contributed by atoms with E-state index < -0.39 is 0 Å². The quantitative estimate of drug-likeness (QED) is 0.809. The largest absolute Gasteiger partial charge is 0.311 e. The van der Waals surface area contributed by atoms with Gasteiger partial charge in [0.15, 0.2) is 0 Å². The molecule has 4 nitrogen and oxygen atoms in total. The van der Waals surface area contributed by atoms with Crippen LogP contribution in [0.4, 0.5) is 5.69 Å². The Morgan fingerprint density at radius 2 is 1.85 bits per heavy atom. The van der Waals surface area contributed by atoms with Crippen molar-refractivity contribution in [3.63, 3.8) is 0 Å². The van der Waals surface area contributed by atoms with Gasteiger partial charge in [-0.1, -0.05) is 41.9 Å². The normalized spacial score (nSPS) is 20.7. The molecule has 2 heterocycles. The third-order valence-corrected chi connectivity index (χ3v) is 5.95. The molecule has 1 fully saturated rings. The summed E-state index contributed by atoms with van der Waals surface area (Å²) in [5.74, 6) is 0.221. The molecule has 1 saturated heterocycles. The molecular weight excluding hydrogens is 358 g/mol. The molecule has 2 aliphatic rings. The number of benzene rings is 2. The van der Waals surface area contributed by atoms with Crippen molar-refractivity contribution >= 4 is 23.2 Å². The van der Waals surface area contributed by atoms with Gasteiger partial charge in [-0.05, 0) is 42.7 Å². The molecule has 1 atom stereocenters. The molecule has 1 amide bonds. The lowest BCUT2D eigenvalue weighted by atomic mass is 10.1. The van der Waals surface area contributed by atoms with Crippen LogP contribution in [0, 0.1) is 0 Å². The van der Waals surface area contributed by atoms with Crippen LogP contribution in [0.25, 0.3) is 0 Å². The van der Waals surface area contributed by atoms with Crippen molar-refractivity contribution in [2.45, 2.75) is 25.9 Å². The van der Waals surface area contributed by atoms with Gasteiger partial charge >= 0.3 is 0 Å². The third-order valence-electron chi connectivity index (χ3n) is 5.70. The van der Waals surface area contributed by atoms with Crippen LogP contribution in [0.5, 0.6) is 0 Å². The van der Waals surface area contributed by atoms with Gasteiger partial charge in [0.2, 0.25) is 5.91 Å². The second kappa shape index (κ2) is 8.01. The summed E-state index contributed by atoms with van der Waals surface area (Å²) in [7, 11) is 0. The summed E-state index contributed by atoms with van der Waals surface area (Å²) in [6, 6.07) is 16.8. The van der Waals surface area contributed by atoms with Gasteiger partial charge in [-0.3, -0.25) is 14.6 Å². The molecule has 27 heavy (non-hydrogen) atoms. The topological polar surface area (TPSA) is 26.8 Å². The summed E-state index contributed by atoms with van der Waals surface area (Å²) in [6.07, 6.45) is 0.965. The fourth-order valence-electron chi connectivity index (χ4n) is 4.15. The molecule has 5 heteroatoms. The van der Waals surface area contributed by atoms with Crippen LogP contribution >= 0.6 is 11.6 Å². The predicted molar refractivity (Wildman–Crippen MR) is 110 cm³/mol. The van der Waals surface area contributed by atoms with Gasteiger partial charge < -0.3 is 4.90 Å². The van der Waals surface area contributed by atoms with Crippen molar-refractivity contribution in [1.82, 2.24) is 9.80 Å². The predicted octanol–water partition coefficient (Wildman–Crippen LogP) is 3.44. The van der Waals surface area contributed by atoms with Crippen LogP contribution in [-0.4, -0.2) is 54.5 Å². The summed E-state index contributed by atoms with van der Waals surface area (Å²) in [5.41, 5.74) is 3.66. The summed E-state index contributed by atoms with van der Waals surface area (Å²) >= 11 is 5.98. The maximum absolute atomic E-state index is 12.8. The van der Waals surface area contributed by atoms with Crippen LogP contribution in [0.3, 0.4) is 0 Å². The lowest BCUT2D eigenvalue weighted by molar-refractivity contribution is -0.120. The first kappa shape index (κ1) is 18.5. The summed E-state index contributed by atoms with van der Waals surface area (Å²) < 4.78 is 0. The highest BCUT2D eigenvalue weighted by Crippen LogP contribution is 2.27. The monoisotopic (exact) mass is 383 g/mol. The standard InChI is InChI=1S/C22H26ClN3O/c1-17-14-24(12-13-25(17)15-18-6-8-20(23)9-7-18)16-22(27)26-11-10-19-4-2-3-5-21(19)26/h2-9,17H,10-16H2,1H3. The average Bonchev–Trinajstić information content (AvgIpc) is 3.10. The zero-order chi connectivity index (χ0) is 18.8. The first-order chi connectivity index (χ1) is 13.1. The molecule has 0 bridgehead atoms. The van der Waals surface area contributed by atoms with Gasteiger partial charge in [-0.15, -0.1) is 0 Å². The molecule has 0 aliphatic carbocycles. The Morgan fingerprint density at radius 3 is 2.63 bits per heavy atom. The van der Waals surface area contributed by atoms with E-state index in [-0.39, 0.29) is 5.91 Å². The van der Waals surface area contributed by atoms with Crippen molar-refractivity contribution in [2.24, 2.45) is 0 Å². The second-order valence-electron chi connectivity index (χ2n) is 7.61. The van der Waals surface area contributed by atoms with E-state index >= 15 is 0 Å². The number of hydrogen-bond acceptors (Lipinski definition) is 3. The summed E-state index contributed by atoms with van der Waals surface area (Å²) in [6.45, 7) is 7.33. The Kier molecular flexibility index (Phi) is 5.48. The molecule has 4 rings (SSSR count). The number of amides is 1. The molecule has 0 N–H and O–H groups in total. The van der Waals surface area contributed by atoms with Gasteiger partial charge in [0.05, 0.1) is 6.54 Å². The Labute approximate surface area is 166 Å². The van der Waals surface area contributed by atoms with E-state index in [2.05, 4.69) is 41.0 Å². The molecule has 1 unspecified atom stereocenters. The van der Waals surface area contributed by atoms with E-state index in [0.717, 1.165) is 49.9 Å². The van der Waals surface area contributed by atoms with Gasteiger partial charge in [0.25, 0.3) is 0 Å². The highest BCUT2D eigenvalue weighted by atomic mass is 35.5. The zero-order valence-corrected chi connectivity index (χ0v) is 16.5. The van der Waals surface area contributed by atoms with Gasteiger partial charge in [-0.25, -0.2) is 0 Å². The van der Waals surface area contributed by atoms with Crippen molar-refractivity contribution in [2.75, 3.05) is 37.6 Å². The summed E-state index contributed by atoms with van der Waals surface area (Å²) in [4.78, 5) is 19.6. The van der Waals surface area contributed by atoms with Crippen LogP contribution in [-0.2, 0) is 17.8 Å². The molecule has 2 aromatic rings. The van der Waals surface area contributed by atoms with Crippen LogP contribution in [0.15, 0.2) is 48.5 Å². The minimum Gasteiger partial charge on any atom is -0.311 e. The Bertz CT molecular complexity index is 807. The number of carbonyl (C=O) groups excluding carboxylic acids is 1. The van der Waals surface area contributed by atoms with E-state index in [4.69, 9.17) is 11.6 Å². The fraction of sp³-hybridized carbons (Fsp3) is 0.409. The van der Waals surface area contributed by atoms with Crippen molar-refractivity contribution in [3.8, 4) is 0 Å². The number of fused-ring (bicyclic) bond motifs is 1. The second-order valence-corrected chi connectivity index (χ2v) is 8.04. The van der Waals surface area contributed by atoms with Gasteiger partial charge in [0, 0.05) is 49.5 Å². The number of halogens is 1. The van der Waals surface area contributed by atoms with E-state index in [9.17, 15) is 4.79 Å². The number of para-hydroxylation sites is 1. The number of carbonyl (C=O) groups is 1. The van der Waals surface area contributed by atoms with Gasteiger partial charge in [-0.2, -0.15) is 0 Å². The molecule has 0 aromatic heterocycles.